The van der Waals surface area contributed by atoms with E-state index in [-0.39, 0.29) is 5.75 Å². The van der Waals surface area contributed by atoms with E-state index in [4.69, 9.17) is 9.47 Å². The van der Waals surface area contributed by atoms with Crippen molar-refractivity contribution in [2.45, 2.75) is 6.92 Å². The molecule has 0 aromatic heterocycles. The van der Waals surface area contributed by atoms with E-state index in [0.717, 1.165) is 0 Å². The lowest BCUT2D eigenvalue weighted by Gasteiger charge is -2.11. The molecule has 82 valence electrons. The third kappa shape index (κ3) is 2.21. The van der Waals surface area contributed by atoms with Crippen LogP contribution in [0.3, 0.4) is 0 Å². The lowest BCUT2D eigenvalue weighted by molar-refractivity contribution is 0.384. The molecule has 0 fully saturated rings. The molecule has 0 aliphatic heterocycles. The fraction of sp³-hybridized carbons (Fsp3) is 0.364. The standard InChI is InChI=1S/C11H15NO3/c1-7(12-2)11-9(13)5-8(14-3)6-10(11)15-4/h5-6,13H,1-4H3/b12-7+. The van der Waals surface area contributed by atoms with Gasteiger partial charge in [-0.25, -0.2) is 0 Å². The molecule has 0 aliphatic carbocycles. The fourth-order valence-corrected chi connectivity index (χ4v) is 1.33. The maximum absolute atomic E-state index is 9.80. The minimum Gasteiger partial charge on any atom is -0.507 e. The smallest absolute Gasteiger partial charge is 0.135 e. The third-order valence-electron chi connectivity index (χ3n) is 2.21. The lowest BCUT2D eigenvalue weighted by Crippen LogP contribution is -2.00. The first-order valence-corrected chi connectivity index (χ1v) is 4.52. The van der Waals surface area contributed by atoms with E-state index in [9.17, 15) is 5.11 Å². The average molecular weight is 209 g/mol. The second kappa shape index (κ2) is 4.68. The second-order valence-corrected chi connectivity index (χ2v) is 3.03. The van der Waals surface area contributed by atoms with Gasteiger partial charge in [0.25, 0.3) is 0 Å². The summed E-state index contributed by atoms with van der Waals surface area (Å²) in [4.78, 5) is 4.02. The summed E-state index contributed by atoms with van der Waals surface area (Å²) in [6, 6.07) is 3.25. The van der Waals surface area contributed by atoms with Crippen molar-refractivity contribution in [3.8, 4) is 17.2 Å². The summed E-state index contributed by atoms with van der Waals surface area (Å²) in [5, 5.41) is 9.80. The number of ether oxygens (including phenoxy) is 2. The number of aromatic hydroxyl groups is 1. The molecule has 0 spiro atoms. The van der Waals surface area contributed by atoms with Gasteiger partial charge in [-0.1, -0.05) is 0 Å². The first kappa shape index (κ1) is 11.4. The summed E-state index contributed by atoms with van der Waals surface area (Å²) in [6.07, 6.45) is 0. The molecule has 0 bridgehead atoms. The van der Waals surface area contributed by atoms with Gasteiger partial charge in [-0.15, -0.1) is 0 Å². The highest BCUT2D eigenvalue weighted by Gasteiger charge is 2.13. The molecule has 1 rings (SSSR count). The summed E-state index contributed by atoms with van der Waals surface area (Å²) >= 11 is 0. The second-order valence-electron chi connectivity index (χ2n) is 3.03. The monoisotopic (exact) mass is 209 g/mol. The summed E-state index contributed by atoms with van der Waals surface area (Å²) in [5.74, 6) is 1.21. The van der Waals surface area contributed by atoms with Gasteiger partial charge >= 0.3 is 0 Å². The van der Waals surface area contributed by atoms with Crippen molar-refractivity contribution in [1.29, 1.82) is 0 Å². The van der Waals surface area contributed by atoms with Crippen molar-refractivity contribution < 1.29 is 14.6 Å². The number of nitrogens with zero attached hydrogens (tertiary/aromatic N) is 1. The lowest BCUT2D eigenvalue weighted by atomic mass is 10.1. The number of hydrogen-bond acceptors (Lipinski definition) is 4. The first-order chi connectivity index (χ1) is 7.13. The fourth-order valence-electron chi connectivity index (χ4n) is 1.33. The predicted octanol–water partition coefficient (Wildman–Crippen LogP) is 1.85. The van der Waals surface area contributed by atoms with Crippen molar-refractivity contribution in [2.75, 3.05) is 21.3 Å². The van der Waals surface area contributed by atoms with Gasteiger partial charge in [-0.3, -0.25) is 4.99 Å². The molecule has 0 saturated carbocycles. The topological polar surface area (TPSA) is 51.1 Å². The molecule has 0 heterocycles. The van der Waals surface area contributed by atoms with Gasteiger partial charge in [0.1, 0.15) is 17.2 Å². The van der Waals surface area contributed by atoms with Crippen LogP contribution < -0.4 is 9.47 Å². The molecule has 4 heteroatoms. The molecular formula is C11H15NO3. The number of aliphatic imine (C=N–C) groups is 1. The number of phenolic OH excluding ortho intramolecular Hbond substituents is 1. The van der Waals surface area contributed by atoms with Gasteiger partial charge in [-0.2, -0.15) is 0 Å². The van der Waals surface area contributed by atoms with Crippen molar-refractivity contribution in [3.63, 3.8) is 0 Å². The van der Waals surface area contributed by atoms with Gasteiger partial charge in [0.15, 0.2) is 0 Å². The van der Waals surface area contributed by atoms with Crippen LogP contribution in [-0.4, -0.2) is 32.1 Å². The number of benzene rings is 1. The zero-order chi connectivity index (χ0) is 11.4. The molecule has 0 unspecified atom stereocenters. The number of rotatable bonds is 3. The summed E-state index contributed by atoms with van der Waals surface area (Å²) < 4.78 is 10.2. The SMILES string of the molecule is C/N=C(\C)c1c(O)cc(OC)cc1OC. The molecular weight excluding hydrogens is 194 g/mol. The van der Waals surface area contributed by atoms with Gasteiger partial charge in [0.2, 0.25) is 0 Å². The van der Waals surface area contributed by atoms with Crippen LogP contribution in [0.1, 0.15) is 12.5 Å². The largest absolute Gasteiger partial charge is 0.507 e. The van der Waals surface area contributed by atoms with E-state index in [1.165, 1.54) is 13.2 Å². The van der Waals surface area contributed by atoms with E-state index in [1.807, 2.05) is 6.92 Å². The van der Waals surface area contributed by atoms with Gasteiger partial charge in [0.05, 0.1) is 19.8 Å². The van der Waals surface area contributed by atoms with E-state index in [2.05, 4.69) is 4.99 Å². The van der Waals surface area contributed by atoms with Crippen molar-refractivity contribution in [1.82, 2.24) is 0 Å². The summed E-state index contributed by atoms with van der Waals surface area (Å²) in [6.45, 7) is 1.81. The number of phenols is 1. The van der Waals surface area contributed by atoms with Gasteiger partial charge in [-0.05, 0) is 6.92 Å². The highest BCUT2D eigenvalue weighted by Crippen LogP contribution is 2.33. The molecule has 1 N–H and O–H groups in total. The number of hydrogen-bond donors (Lipinski definition) is 1. The van der Waals surface area contributed by atoms with E-state index in [1.54, 1.807) is 20.2 Å². The van der Waals surface area contributed by atoms with Gasteiger partial charge < -0.3 is 14.6 Å². The highest BCUT2D eigenvalue weighted by molar-refractivity contribution is 6.03. The van der Waals surface area contributed by atoms with Crippen LogP contribution in [0.2, 0.25) is 0 Å². The Balaban J connectivity index is 3.37. The Morgan fingerprint density at radius 3 is 2.40 bits per heavy atom. The molecule has 0 aliphatic rings. The minimum absolute atomic E-state index is 0.106. The van der Waals surface area contributed by atoms with Crippen LogP contribution in [0.5, 0.6) is 17.2 Å². The molecule has 0 radical (unpaired) electrons. The first-order valence-electron chi connectivity index (χ1n) is 4.52. The van der Waals surface area contributed by atoms with Crippen molar-refractivity contribution >= 4 is 5.71 Å². The molecule has 0 saturated heterocycles. The van der Waals surface area contributed by atoms with Crippen LogP contribution in [0.4, 0.5) is 0 Å². The average Bonchev–Trinajstić information content (AvgIpc) is 2.26. The number of methoxy groups -OCH3 is 2. The van der Waals surface area contributed by atoms with E-state index < -0.39 is 0 Å². The normalized spacial score (nSPS) is 11.3. The maximum Gasteiger partial charge on any atom is 0.135 e. The van der Waals surface area contributed by atoms with Crippen LogP contribution in [0.25, 0.3) is 0 Å². The third-order valence-corrected chi connectivity index (χ3v) is 2.21. The Morgan fingerprint density at radius 1 is 1.27 bits per heavy atom. The Morgan fingerprint density at radius 2 is 1.93 bits per heavy atom. The Hall–Kier alpha value is -1.71. The Labute approximate surface area is 89.2 Å². The molecule has 1 aromatic carbocycles. The summed E-state index contributed by atoms with van der Waals surface area (Å²) in [5.41, 5.74) is 1.31. The quantitative estimate of drug-likeness (QED) is 0.773. The van der Waals surface area contributed by atoms with Crippen LogP contribution in [0, 0.1) is 0 Å². The molecule has 15 heavy (non-hydrogen) atoms. The predicted molar refractivity (Wildman–Crippen MR) is 59.3 cm³/mol. The van der Waals surface area contributed by atoms with Crippen LogP contribution in [0.15, 0.2) is 17.1 Å². The van der Waals surface area contributed by atoms with Crippen LogP contribution in [-0.2, 0) is 0 Å². The minimum atomic E-state index is 0.106. The Kier molecular flexibility index (Phi) is 3.55. The zero-order valence-corrected chi connectivity index (χ0v) is 9.37. The summed E-state index contributed by atoms with van der Waals surface area (Å²) in [7, 11) is 4.74. The van der Waals surface area contributed by atoms with Gasteiger partial charge in [0, 0.05) is 24.9 Å². The molecule has 1 aromatic rings. The maximum atomic E-state index is 9.80. The zero-order valence-electron chi connectivity index (χ0n) is 9.37. The van der Waals surface area contributed by atoms with E-state index >= 15 is 0 Å². The molecule has 4 nitrogen and oxygen atoms in total. The van der Waals surface area contributed by atoms with E-state index in [0.29, 0.717) is 22.8 Å². The van der Waals surface area contributed by atoms with Crippen LogP contribution >= 0.6 is 0 Å². The van der Waals surface area contributed by atoms with Crippen molar-refractivity contribution in [2.24, 2.45) is 4.99 Å². The Bertz CT molecular complexity index is 386. The highest BCUT2D eigenvalue weighted by atomic mass is 16.5. The molecule has 0 atom stereocenters. The molecule has 0 amide bonds. The van der Waals surface area contributed by atoms with Crippen molar-refractivity contribution in [3.05, 3.63) is 17.7 Å².